The molecule has 0 aliphatic rings. The molecular weight excluding hydrogens is 294 g/mol. The van der Waals surface area contributed by atoms with Crippen LogP contribution in [-0.2, 0) is 37.9 Å². The molecule has 11 nitrogen and oxygen atoms in total. The van der Waals surface area contributed by atoms with Crippen molar-refractivity contribution in [3.63, 3.8) is 0 Å². The van der Waals surface area contributed by atoms with E-state index in [1.54, 1.807) is 0 Å². The molecule has 14 heteroatoms. The third kappa shape index (κ3) is 77400. The van der Waals surface area contributed by atoms with Crippen molar-refractivity contribution in [3.05, 3.63) is 0 Å². The summed E-state index contributed by atoms with van der Waals surface area (Å²) >= 11 is 0. The monoisotopic (exact) mass is 302 g/mol. The Hall–Kier alpha value is 0.139. The van der Waals surface area contributed by atoms with Gasteiger partial charge in [-0.05, 0) is 0 Å². The molecule has 0 aliphatic carbocycles. The minimum Gasteiger partial charge on any atom is -0.759 e. The van der Waals surface area contributed by atoms with Gasteiger partial charge in [-0.3, -0.25) is 16.8 Å². The molecule has 0 aliphatic heterocycles. The molecule has 0 saturated carbocycles. The first-order valence-electron chi connectivity index (χ1n) is 1.33. The van der Waals surface area contributed by atoms with Crippen LogP contribution >= 0.6 is 0 Å². The quantitative estimate of drug-likeness (QED) is 0.261. The first kappa shape index (κ1) is 36.8. The van der Waals surface area contributed by atoms with Crippen molar-refractivity contribution in [2.75, 3.05) is 0 Å². The molecule has 0 spiro atoms. The molecule has 1 radical (unpaired) electrons. The van der Waals surface area contributed by atoms with E-state index in [2.05, 4.69) is 0 Å². The van der Waals surface area contributed by atoms with Crippen LogP contribution in [0.15, 0.2) is 0 Å². The van der Waals surface area contributed by atoms with E-state index in [1.807, 2.05) is 0 Å². The molecule has 0 amide bonds. The standard InChI is InChI=1S/Fe.H3N.2H2O4S.2H2O/c;;2*1-5(2,3)4;;/h;1H3;2*(H2,1,2,3,4);2*1H2/q+3;;;;;/p-3. The second-order valence-electron chi connectivity index (χ2n) is 0.816. The molecule has 0 aromatic carbocycles. The molecule has 0 bridgehead atoms. The molecule has 0 fully saturated rings. The van der Waals surface area contributed by atoms with Gasteiger partial charge in [-0.1, -0.05) is 0 Å². The van der Waals surface area contributed by atoms with E-state index in [9.17, 15) is 0 Å². The molecule has 14 heavy (non-hydrogen) atoms. The minimum absolute atomic E-state index is 0. The largest absolute Gasteiger partial charge is 3.00 e. The van der Waals surface area contributed by atoms with Crippen LogP contribution in [0.1, 0.15) is 0 Å². The van der Waals surface area contributed by atoms with Crippen LogP contribution in [0.5, 0.6) is 0 Å². The van der Waals surface area contributed by atoms with E-state index < -0.39 is 20.8 Å². The smallest absolute Gasteiger partial charge is 0.759 e. The van der Waals surface area contributed by atoms with E-state index >= 15 is 0 Å². The third-order valence-corrected chi connectivity index (χ3v) is 0. The van der Waals surface area contributed by atoms with Crippen molar-refractivity contribution >= 4 is 20.8 Å². The van der Waals surface area contributed by atoms with Crippen molar-refractivity contribution in [2.45, 2.75) is 0 Å². The van der Waals surface area contributed by atoms with Crippen molar-refractivity contribution in [3.8, 4) is 0 Å². The van der Waals surface area contributed by atoms with Gasteiger partial charge < -0.3 is 35.3 Å². The van der Waals surface area contributed by atoms with Gasteiger partial charge in [0.2, 0.25) is 0 Å². The van der Waals surface area contributed by atoms with E-state index in [0.29, 0.717) is 0 Å². The van der Waals surface area contributed by atoms with Gasteiger partial charge in [0.15, 0.2) is 0 Å². The predicted octanol–water partition coefficient (Wildman–Crippen LogP) is -3.95. The van der Waals surface area contributed by atoms with Crippen molar-refractivity contribution in [1.29, 1.82) is 0 Å². The molecule has 0 saturated heterocycles. The van der Waals surface area contributed by atoms with Gasteiger partial charge in [-0.15, -0.1) is 0 Å². The average molecular weight is 302 g/mol. The number of hydrogen-bond donors (Lipinski definition) is 1. The second-order valence-corrected chi connectivity index (χ2v) is 2.45. The normalized spacial score (nSPS) is 8.29. The molecule has 0 atom stereocenters. The fourth-order valence-corrected chi connectivity index (χ4v) is 0. The molecule has 0 heterocycles. The predicted molar refractivity (Wildman–Crippen MR) is 34.2 cm³/mol. The molecule has 0 aromatic rings. The summed E-state index contributed by atoms with van der Waals surface area (Å²) in [7, 11) is -10.3. The van der Waals surface area contributed by atoms with Gasteiger partial charge in [0.05, 0.1) is 0 Å². The molecule has 8 N–H and O–H groups in total. The van der Waals surface area contributed by atoms with Crippen LogP contribution in [0, 0.1) is 0 Å². The maximum Gasteiger partial charge on any atom is 3.00 e. The van der Waals surface area contributed by atoms with E-state index in [-0.39, 0.29) is 34.2 Å². The number of rotatable bonds is 0. The molecular formula is H8FeNO10S2. The van der Waals surface area contributed by atoms with Gasteiger partial charge in [0, 0.05) is 20.8 Å². The summed E-state index contributed by atoms with van der Waals surface area (Å²) in [5, 5.41) is 0. The second kappa shape index (κ2) is 13.1. The summed E-state index contributed by atoms with van der Waals surface area (Å²) in [6, 6.07) is 0. The summed E-state index contributed by atoms with van der Waals surface area (Å²) in [4.78, 5) is 0. The van der Waals surface area contributed by atoms with Crippen LogP contribution < -0.4 is 6.15 Å². The Labute approximate surface area is 90.3 Å². The maximum absolute atomic E-state index is 8.52. The Morgan fingerprint density at radius 2 is 0.643 bits per heavy atom. The molecule has 93 valence electrons. The van der Waals surface area contributed by atoms with Gasteiger partial charge >= 0.3 is 17.1 Å². The molecule has 0 unspecified atom stereocenters. The number of hydrogen-bond acceptors (Lipinski definition) is 8. The first-order chi connectivity index (χ1) is 4.00. The maximum atomic E-state index is 8.52. The van der Waals surface area contributed by atoms with E-state index in [4.69, 9.17) is 35.0 Å². The van der Waals surface area contributed by atoms with Crippen LogP contribution in [0.4, 0.5) is 0 Å². The molecule has 0 rings (SSSR count). The Kier molecular flexibility index (Phi) is 34.6. The van der Waals surface area contributed by atoms with E-state index in [1.165, 1.54) is 0 Å². The topological polar surface area (TPSA) is 260 Å². The van der Waals surface area contributed by atoms with E-state index in [0.717, 1.165) is 0 Å². The van der Waals surface area contributed by atoms with Crippen molar-refractivity contribution in [1.82, 2.24) is 6.15 Å². The van der Waals surface area contributed by atoms with Gasteiger partial charge in [-0.25, -0.2) is 0 Å². The summed E-state index contributed by atoms with van der Waals surface area (Å²) in [6.07, 6.45) is 0. The summed E-state index contributed by atoms with van der Waals surface area (Å²) in [5.74, 6) is 0. The molecule has 0 aromatic heterocycles. The minimum atomic E-state index is -5.17. The average Bonchev–Trinajstić information content (AvgIpc) is 1.12. The SMILES string of the molecule is O.O.O=S(=O)([O-])[O-].O=S(=O)([O-])[O-].[Fe+3].[NH4+]. The van der Waals surface area contributed by atoms with Gasteiger partial charge in [0.25, 0.3) is 0 Å². The summed E-state index contributed by atoms with van der Waals surface area (Å²) in [6.45, 7) is 0. The number of quaternary nitrogens is 1. The van der Waals surface area contributed by atoms with Crippen molar-refractivity contribution < 1.29 is 63.1 Å². The Morgan fingerprint density at radius 3 is 0.643 bits per heavy atom. The zero-order valence-electron chi connectivity index (χ0n) is 6.44. The fraction of sp³-hybridized carbons (Fsp3) is 0. The van der Waals surface area contributed by atoms with Crippen LogP contribution in [-0.4, -0.2) is 46.0 Å². The zero-order chi connectivity index (χ0) is 9.00. The fourth-order valence-electron chi connectivity index (χ4n) is 0. The summed E-state index contributed by atoms with van der Waals surface area (Å²) < 4.78 is 68.2. The Bertz CT molecular complexity index is 214. The Balaban J connectivity index is -0.0000000178. The van der Waals surface area contributed by atoms with Gasteiger partial charge in [-0.2, -0.15) is 0 Å². The third-order valence-electron chi connectivity index (χ3n) is 0. The summed E-state index contributed by atoms with van der Waals surface area (Å²) in [5.41, 5.74) is 0. The zero-order valence-corrected chi connectivity index (χ0v) is 9.17. The van der Waals surface area contributed by atoms with Crippen molar-refractivity contribution in [2.24, 2.45) is 0 Å². The Morgan fingerprint density at radius 1 is 0.643 bits per heavy atom. The van der Waals surface area contributed by atoms with Crippen LogP contribution in [0.25, 0.3) is 0 Å². The van der Waals surface area contributed by atoms with Crippen LogP contribution in [0.2, 0.25) is 0 Å². The van der Waals surface area contributed by atoms with Gasteiger partial charge in [0.1, 0.15) is 0 Å². The first-order valence-corrected chi connectivity index (χ1v) is 4.00. The van der Waals surface area contributed by atoms with Crippen LogP contribution in [0.3, 0.4) is 0 Å².